The smallest absolute Gasteiger partial charge is 0.00887 e. The maximum absolute atomic E-state index is 2.44. The van der Waals surface area contributed by atoms with Crippen molar-refractivity contribution in [2.45, 2.75) is 51.9 Å². The highest BCUT2D eigenvalue weighted by Gasteiger charge is 2.17. The van der Waals surface area contributed by atoms with Crippen LogP contribution in [0, 0.1) is 0 Å². The van der Waals surface area contributed by atoms with Crippen molar-refractivity contribution in [1.29, 1.82) is 0 Å². The molecule has 14 heavy (non-hydrogen) atoms. The highest BCUT2D eigenvalue weighted by atomic mass is 14.2. The van der Waals surface area contributed by atoms with Gasteiger partial charge in [0, 0.05) is 0 Å². The van der Waals surface area contributed by atoms with Gasteiger partial charge in [-0.2, -0.15) is 0 Å². The molecule has 2 aliphatic rings. The summed E-state index contributed by atoms with van der Waals surface area (Å²) < 4.78 is 0. The molecule has 0 N–H and O–H groups in total. The van der Waals surface area contributed by atoms with Gasteiger partial charge in [0.05, 0.1) is 0 Å². The molecule has 0 radical (unpaired) electrons. The lowest BCUT2D eigenvalue weighted by Crippen LogP contribution is -1.92. The molecule has 0 unspecified atom stereocenters. The zero-order chi connectivity index (χ0) is 9.80. The number of unbranched alkanes of at least 4 members (excludes halogenated alkanes) is 2. The van der Waals surface area contributed by atoms with Gasteiger partial charge < -0.3 is 0 Å². The third kappa shape index (κ3) is 2.00. The SMILES string of the molecule is CCCCCC1=CCC2=CCCC=C21. The lowest BCUT2D eigenvalue weighted by Gasteiger charge is -2.11. The normalized spacial score (nSPS) is 19.9. The maximum Gasteiger partial charge on any atom is -0.00887 e. The van der Waals surface area contributed by atoms with Gasteiger partial charge in [0.2, 0.25) is 0 Å². The number of allylic oxidation sites excluding steroid dienone is 6. The summed E-state index contributed by atoms with van der Waals surface area (Å²) in [7, 11) is 0. The first-order valence-electron chi connectivity index (χ1n) is 6.00. The summed E-state index contributed by atoms with van der Waals surface area (Å²) in [6.45, 7) is 2.27. The van der Waals surface area contributed by atoms with Crippen LogP contribution >= 0.6 is 0 Å². The summed E-state index contributed by atoms with van der Waals surface area (Å²) in [6.07, 6.45) is 16.4. The zero-order valence-electron chi connectivity index (χ0n) is 9.18. The van der Waals surface area contributed by atoms with Gasteiger partial charge in [-0.15, -0.1) is 0 Å². The zero-order valence-corrected chi connectivity index (χ0v) is 9.18. The van der Waals surface area contributed by atoms with E-state index in [1.165, 1.54) is 44.9 Å². The van der Waals surface area contributed by atoms with Crippen LogP contribution in [0.3, 0.4) is 0 Å². The van der Waals surface area contributed by atoms with Crippen molar-refractivity contribution in [2.24, 2.45) is 0 Å². The first-order chi connectivity index (χ1) is 6.92. The molecular formula is C14H20. The minimum atomic E-state index is 1.20. The second-order valence-corrected chi connectivity index (χ2v) is 4.32. The highest BCUT2D eigenvalue weighted by Crippen LogP contribution is 2.36. The minimum Gasteiger partial charge on any atom is -0.0801 e. The molecule has 0 saturated heterocycles. The largest absolute Gasteiger partial charge is 0.0801 e. The molecular weight excluding hydrogens is 168 g/mol. The third-order valence-corrected chi connectivity index (χ3v) is 3.22. The molecule has 0 bridgehead atoms. The molecule has 0 heteroatoms. The van der Waals surface area contributed by atoms with Crippen LogP contribution in [0.4, 0.5) is 0 Å². The Labute approximate surface area is 87.4 Å². The molecule has 2 rings (SSSR count). The molecule has 0 atom stereocenters. The van der Waals surface area contributed by atoms with Crippen LogP contribution in [0.5, 0.6) is 0 Å². The number of hydrogen-bond donors (Lipinski definition) is 0. The summed E-state index contributed by atoms with van der Waals surface area (Å²) >= 11 is 0. The van der Waals surface area contributed by atoms with Gasteiger partial charge in [-0.1, -0.05) is 38.0 Å². The van der Waals surface area contributed by atoms with E-state index in [1.807, 2.05) is 0 Å². The second kappa shape index (κ2) is 4.63. The van der Waals surface area contributed by atoms with Crippen molar-refractivity contribution in [1.82, 2.24) is 0 Å². The van der Waals surface area contributed by atoms with Crippen molar-refractivity contribution in [3.05, 3.63) is 34.9 Å². The summed E-state index contributed by atoms with van der Waals surface area (Å²) in [5, 5.41) is 0. The van der Waals surface area contributed by atoms with Crippen LogP contribution < -0.4 is 0 Å². The predicted molar refractivity (Wildman–Crippen MR) is 62.2 cm³/mol. The molecule has 0 saturated carbocycles. The summed E-state index contributed by atoms with van der Waals surface area (Å²) in [6, 6.07) is 0. The van der Waals surface area contributed by atoms with E-state index in [-0.39, 0.29) is 0 Å². The van der Waals surface area contributed by atoms with E-state index >= 15 is 0 Å². The molecule has 0 aromatic rings. The van der Waals surface area contributed by atoms with Crippen molar-refractivity contribution in [2.75, 3.05) is 0 Å². The van der Waals surface area contributed by atoms with Gasteiger partial charge in [0.15, 0.2) is 0 Å². The molecule has 0 heterocycles. The standard InChI is InChI=1S/C14H20/c1-2-3-4-7-12-10-11-13-8-5-6-9-14(12)13/h8-10H,2-7,11H2,1H3. The molecule has 0 nitrogen and oxygen atoms in total. The van der Waals surface area contributed by atoms with Gasteiger partial charge >= 0.3 is 0 Å². The van der Waals surface area contributed by atoms with Gasteiger partial charge in [-0.05, 0) is 48.8 Å². The summed E-state index contributed by atoms with van der Waals surface area (Å²) in [5.74, 6) is 0. The van der Waals surface area contributed by atoms with Crippen LogP contribution in [0.15, 0.2) is 34.9 Å². The van der Waals surface area contributed by atoms with E-state index in [1.54, 1.807) is 16.7 Å². The fourth-order valence-corrected chi connectivity index (χ4v) is 2.40. The van der Waals surface area contributed by atoms with Gasteiger partial charge in [-0.25, -0.2) is 0 Å². The van der Waals surface area contributed by atoms with E-state index in [2.05, 4.69) is 25.2 Å². The molecule has 0 spiro atoms. The van der Waals surface area contributed by atoms with Gasteiger partial charge in [0.1, 0.15) is 0 Å². The molecule has 0 amide bonds. The molecule has 0 aliphatic heterocycles. The number of hydrogen-bond acceptors (Lipinski definition) is 0. The van der Waals surface area contributed by atoms with E-state index in [0.717, 1.165) is 0 Å². The Kier molecular flexibility index (Phi) is 3.23. The van der Waals surface area contributed by atoms with Gasteiger partial charge in [-0.3, -0.25) is 0 Å². The van der Waals surface area contributed by atoms with E-state index in [0.29, 0.717) is 0 Å². The van der Waals surface area contributed by atoms with Crippen LogP contribution in [0.25, 0.3) is 0 Å². The molecule has 0 fully saturated rings. The highest BCUT2D eigenvalue weighted by molar-refractivity contribution is 5.54. The Morgan fingerprint density at radius 3 is 2.79 bits per heavy atom. The van der Waals surface area contributed by atoms with Crippen molar-refractivity contribution in [3.63, 3.8) is 0 Å². The lowest BCUT2D eigenvalue weighted by atomic mass is 9.94. The lowest BCUT2D eigenvalue weighted by molar-refractivity contribution is 0.717. The van der Waals surface area contributed by atoms with Crippen LogP contribution in [-0.2, 0) is 0 Å². The second-order valence-electron chi connectivity index (χ2n) is 4.32. The monoisotopic (exact) mass is 188 g/mol. The Bertz CT molecular complexity index is 289. The molecule has 0 aromatic carbocycles. The quantitative estimate of drug-likeness (QED) is 0.568. The Morgan fingerprint density at radius 1 is 1.07 bits per heavy atom. The maximum atomic E-state index is 2.44. The topological polar surface area (TPSA) is 0 Å². The molecule has 2 aliphatic carbocycles. The summed E-state index contributed by atoms with van der Waals surface area (Å²) in [5.41, 5.74) is 4.82. The van der Waals surface area contributed by atoms with Crippen molar-refractivity contribution in [3.8, 4) is 0 Å². The van der Waals surface area contributed by atoms with Crippen molar-refractivity contribution >= 4 is 0 Å². The number of fused-ring (bicyclic) bond motifs is 1. The van der Waals surface area contributed by atoms with Gasteiger partial charge in [0.25, 0.3) is 0 Å². The third-order valence-electron chi connectivity index (χ3n) is 3.22. The number of rotatable bonds is 4. The first kappa shape index (κ1) is 9.76. The van der Waals surface area contributed by atoms with E-state index in [9.17, 15) is 0 Å². The molecule has 76 valence electrons. The van der Waals surface area contributed by atoms with E-state index < -0.39 is 0 Å². The van der Waals surface area contributed by atoms with Crippen LogP contribution in [0.1, 0.15) is 51.9 Å². The predicted octanol–water partition coefficient (Wildman–Crippen LogP) is 4.54. The molecule has 0 aromatic heterocycles. The first-order valence-corrected chi connectivity index (χ1v) is 6.00. The average molecular weight is 188 g/mol. The summed E-state index contributed by atoms with van der Waals surface area (Å²) in [4.78, 5) is 0. The fourth-order valence-electron chi connectivity index (χ4n) is 2.40. The van der Waals surface area contributed by atoms with E-state index in [4.69, 9.17) is 0 Å². The van der Waals surface area contributed by atoms with Crippen LogP contribution in [0.2, 0.25) is 0 Å². The minimum absolute atomic E-state index is 1.20. The Morgan fingerprint density at radius 2 is 1.93 bits per heavy atom. The average Bonchev–Trinajstić information content (AvgIpc) is 2.63. The Balaban J connectivity index is 1.94. The van der Waals surface area contributed by atoms with Crippen molar-refractivity contribution < 1.29 is 0 Å². The fraction of sp³-hybridized carbons (Fsp3) is 0.571. The van der Waals surface area contributed by atoms with Crippen LogP contribution in [-0.4, -0.2) is 0 Å². The Hall–Kier alpha value is -0.780.